The Morgan fingerprint density at radius 1 is 1.08 bits per heavy atom. The minimum Gasteiger partial charge on any atom is -0.316 e. The van der Waals surface area contributed by atoms with E-state index in [0.29, 0.717) is 10.6 Å². The molecule has 0 fully saturated rings. The largest absolute Gasteiger partial charge is 0.316 e. The second-order valence-electron chi connectivity index (χ2n) is 5.82. The van der Waals surface area contributed by atoms with Crippen LogP contribution in [0.15, 0.2) is 53.5 Å². The van der Waals surface area contributed by atoms with Crippen LogP contribution in [-0.2, 0) is 6.54 Å². The summed E-state index contributed by atoms with van der Waals surface area (Å²) in [6.45, 7) is 6.84. The quantitative estimate of drug-likeness (QED) is 0.620. The Bertz CT molecular complexity index is 966. The number of thiazole rings is 1. The van der Waals surface area contributed by atoms with Crippen LogP contribution in [0.4, 0.5) is 0 Å². The van der Waals surface area contributed by atoms with E-state index in [1.165, 1.54) is 11.3 Å². The zero-order chi connectivity index (χ0) is 18.0. The average Bonchev–Trinajstić information content (AvgIpc) is 2.91. The Balaban J connectivity index is 2.08. The van der Waals surface area contributed by atoms with Gasteiger partial charge in [-0.25, -0.2) is 0 Å². The Labute approximate surface area is 156 Å². The van der Waals surface area contributed by atoms with Crippen LogP contribution < -0.4 is 4.80 Å². The van der Waals surface area contributed by atoms with E-state index in [0.717, 1.165) is 33.0 Å². The van der Waals surface area contributed by atoms with Crippen LogP contribution in [0.5, 0.6) is 0 Å². The lowest BCUT2D eigenvalue weighted by Gasteiger charge is -2.07. The van der Waals surface area contributed by atoms with Crippen molar-refractivity contribution in [1.29, 1.82) is 0 Å². The molecule has 1 amide bonds. The molecule has 3 aromatic rings. The summed E-state index contributed by atoms with van der Waals surface area (Å²) >= 11 is 7.53. The van der Waals surface area contributed by atoms with Crippen molar-refractivity contribution in [2.45, 2.75) is 27.3 Å². The van der Waals surface area contributed by atoms with Gasteiger partial charge in [0.05, 0.1) is 5.69 Å². The second-order valence-corrected chi connectivity index (χ2v) is 7.44. The fourth-order valence-corrected chi connectivity index (χ4v) is 3.90. The molecule has 0 aliphatic carbocycles. The third kappa shape index (κ3) is 3.75. The maximum atomic E-state index is 12.5. The van der Waals surface area contributed by atoms with Gasteiger partial charge in [-0.1, -0.05) is 41.4 Å². The van der Waals surface area contributed by atoms with Gasteiger partial charge in [0.2, 0.25) is 0 Å². The summed E-state index contributed by atoms with van der Waals surface area (Å²) in [4.78, 5) is 18.7. The van der Waals surface area contributed by atoms with Gasteiger partial charge in [0.15, 0.2) is 4.80 Å². The molecule has 0 N–H and O–H groups in total. The second kappa shape index (κ2) is 7.38. The van der Waals surface area contributed by atoms with Crippen molar-refractivity contribution < 1.29 is 4.79 Å². The van der Waals surface area contributed by atoms with Gasteiger partial charge in [-0.15, -0.1) is 11.3 Å². The molecule has 0 spiro atoms. The highest BCUT2D eigenvalue weighted by atomic mass is 35.5. The van der Waals surface area contributed by atoms with Crippen LogP contribution in [-0.4, -0.2) is 10.5 Å². The van der Waals surface area contributed by atoms with Gasteiger partial charge >= 0.3 is 0 Å². The molecule has 2 aromatic carbocycles. The number of carbonyl (C=O) groups excluding carboxylic acids is 1. The fraction of sp³-hybridized carbons (Fsp3) is 0.200. The molecule has 5 heteroatoms. The molecule has 0 radical (unpaired) electrons. The molecular formula is C20H19ClN2OS. The molecule has 0 bridgehead atoms. The smallest absolute Gasteiger partial charge is 0.279 e. The number of benzene rings is 2. The van der Waals surface area contributed by atoms with E-state index >= 15 is 0 Å². The van der Waals surface area contributed by atoms with E-state index in [9.17, 15) is 4.79 Å². The zero-order valence-corrected chi connectivity index (χ0v) is 16.0. The normalized spacial score (nSPS) is 11.8. The molecule has 1 aromatic heterocycles. The van der Waals surface area contributed by atoms with E-state index in [2.05, 4.69) is 23.4 Å². The molecule has 3 nitrogen and oxygen atoms in total. The lowest BCUT2D eigenvalue weighted by atomic mass is 10.1. The third-order valence-corrected chi connectivity index (χ3v) is 5.25. The first kappa shape index (κ1) is 17.6. The zero-order valence-electron chi connectivity index (χ0n) is 14.4. The monoisotopic (exact) mass is 370 g/mol. The van der Waals surface area contributed by atoms with Gasteiger partial charge in [0.25, 0.3) is 5.91 Å². The fourth-order valence-electron chi connectivity index (χ4n) is 2.72. The number of carbonyl (C=O) groups is 1. The predicted octanol–water partition coefficient (Wildman–Crippen LogP) is 5.25. The van der Waals surface area contributed by atoms with Crippen LogP contribution in [0.3, 0.4) is 0 Å². The first-order chi connectivity index (χ1) is 12.0. The van der Waals surface area contributed by atoms with Crippen molar-refractivity contribution in [2.75, 3.05) is 0 Å². The maximum Gasteiger partial charge on any atom is 0.279 e. The number of nitrogens with zero attached hydrogens (tertiary/aromatic N) is 2. The first-order valence-electron chi connectivity index (χ1n) is 8.11. The number of halogens is 1. The maximum absolute atomic E-state index is 12.5. The molecule has 0 saturated heterocycles. The van der Waals surface area contributed by atoms with E-state index in [1.54, 1.807) is 0 Å². The number of rotatable bonds is 3. The van der Waals surface area contributed by atoms with Crippen LogP contribution >= 0.6 is 22.9 Å². The average molecular weight is 371 g/mol. The predicted molar refractivity (Wildman–Crippen MR) is 104 cm³/mol. The summed E-state index contributed by atoms with van der Waals surface area (Å²) in [5.41, 5.74) is 3.88. The number of aromatic nitrogens is 1. The molecule has 0 aliphatic rings. The summed E-state index contributed by atoms with van der Waals surface area (Å²) in [5, 5.41) is 0.708. The molecule has 25 heavy (non-hydrogen) atoms. The van der Waals surface area contributed by atoms with Crippen molar-refractivity contribution in [3.05, 3.63) is 74.4 Å². The van der Waals surface area contributed by atoms with Crippen LogP contribution in [0.25, 0.3) is 11.3 Å². The van der Waals surface area contributed by atoms with Gasteiger partial charge in [-0.3, -0.25) is 4.79 Å². The van der Waals surface area contributed by atoms with E-state index < -0.39 is 0 Å². The SMILES string of the molecule is CCn1c(-c2ccc(Cl)cc2)c(C)sc1=NC(=O)c1ccc(C)cc1. The van der Waals surface area contributed by atoms with Crippen LogP contribution in [0.2, 0.25) is 5.02 Å². The molecule has 3 rings (SSSR count). The summed E-state index contributed by atoms with van der Waals surface area (Å²) in [6, 6.07) is 15.2. The number of hydrogen-bond donors (Lipinski definition) is 0. The van der Waals surface area contributed by atoms with Crippen molar-refractivity contribution in [1.82, 2.24) is 4.57 Å². The van der Waals surface area contributed by atoms with E-state index in [4.69, 9.17) is 11.6 Å². The van der Waals surface area contributed by atoms with E-state index in [-0.39, 0.29) is 5.91 Å². The van der Waals surface area contributed by atoms with Gasteiger partial charge in [-0.2, -0.15) is 4.99 Å². The Hall–Kier alpha value is -2.17. The molecule has 0 saturated carbocycles. The summed E-state index contributed by atoms with van der Waals surface area (Å²) < 4.78 is 2.08. The van der Waals surface area contributed by atoms with Crippen LogP contribution in [0.1, 0.15) is 27.7 Å². The van der Waals surface area contributed by atoms with Crippen molar-refractivity contribution in [3.63, 3.8) is 0 Å². The highest BCUT2D eigenvalue weighted by Gasteiger charge is 2.13. The first-order valence-corrected chi connectivity index (χ1v) is 9.31. The Morgan fingerprint density at radius 2 is 1.72 bits per heavy atom. The molecule has 128 valence electrons. The van der Waals surface area contributed by atoms with E-state index in [1.807, 2.05) is 55.5 Å². The molecule has 1 heterocycles. The highest BCUT2D eigenvalue weighted by Crippen LogP contribution is 2.26. The highest BCUT2D eigenvalue weighted by molar-refractivity contribution is 7.09. The molecular weight excluding hydrogens is 352 g/mol. The summed E-state index contributed by atoms with van der Waals surface area (Å²) in [5.74, 6) is -0.217. The van der Waals surface area contributed by atoms with Crippen molar-refractivity contribution in [2.24, 2.45) is 4.99 Å². The minimum atomic E-state index is -0.217. The number of aryl methyl sites for hydroxylation is 2. The molecule has 0 unspecified atom stereocenters. The van der Waals surface area contributed by atoms with Crippen molar-refractivity contribution in [3.8, 4) is 11.3 Å². The lowest BCUT2D eigenvalue weighted by Crippen LogP contribution is -2.17. The summed E-state index contributed by atoms with van der Waals surface area (Å²) in [7, 11) is 0. The number of hydrogen-bond acceptors (Lipinski definition) is 2. The van der Waals surface area contributed by atoms with Crippen molar-refractivity contribution >= 4 is 28.8 Å². The molecule has 0 aliphatic heterocycles. The third-order valence-electron chi connectivity index (χ3n) is 4.01. The Morgan fingerprint density at radius 3 is 2.32 bits per heavy atom. The van der Waals surface area contributed by atoms with Gasteiger partial charge in [0.1, 0.15) is 0 Å². The minimum absolute atomic E-state index is 0.217. The standard InChI is InChI=1S/C20H19ClN2OS/c1-4-23-18(15-9-11-17(21)12-10-15)14(3)25-20(23)22-19(24)16-7-5-13(2)6-8-16/h5-12H,4H2,1-3H3. The van der Waals surface area contributed by atoms with Gasteiger partial charge in [0, 0.05) is 22.0 Å². The summed E-state index contributed by atoms with van der Waals surface area (Å²) in [6.07, 6.45) is 0. The van der Waals surface area contributed by atoms with Crippen LogP contribution in [0, 0.1) is 13.8 Å². The van der Waals surface area contributed by atoms with Gasteiger partial charge in [-0.05, 0) is 50.6 Å². The topological polar surface area (TPSA) is 34.4 Å². The van der Waals surface area contributed by atoms with Gasteiger partial charge < -0.3 is 4.57 Å². The number of amides is 1. The lowest BCUT2D eigenvalue weighted by molar-refractivity contribution is 0.0998. The Kier molecular flexibility index (Phi) is 5.21. The molecule has 0 atom stereocenters.